The SMILES string of the molecule is O=C(O)COc1ccc(NC(=O)CCc2cccs2)cc1. The van der Waals surface area contributed by atoms with Gasteiger partial charge in [0.25, 0.3) is 0 Å². The summed E-state index contributed by atoms with van der Waals surface area (Å²) >= 11 is 1.64. The normalized spacial score (nSPS) is 10.1. The lowest BCUT2D eigenvalue weighted by Crippen LogP contribution is -2.12. The highest BCUT2D eigenvalue weighted by atomic mass is 32.1. The number of aliphatic carboxylic acids is 1. The predicted molar refractivity (Wildman–Crippen MR) is 80.8 cm³/mol. The molecule has 0 fully saturated rings. The summed E-state index contributed by atoms with van der Waals surface area (Å²) in [5.74, 6) is -0.627. The Hall–Kier alpha value is -2.34. The number of hydrogen-bond acceptors (Lipinski definition) is 4. The molecular formula is C15H15NO4S. The molecule has 0 saturated carbocycles. The van der Waals surface area contributed by atoms with Crippen LogP contribution in [-0.4, -0.2) is 23.6 Å². The minimum Gasteiger partial charge on any atom is -0.482 e. The Morgan fingerprint density at radius 1 is 1.19 bits per heavy atom. The van der Waals surface area contributed by atoms with Crippen molar-refractivity contribution in [3.05, 3.63) is 46.7 Å². The maximum absolute atomic E-state index is 11.8. The zero-order valence-corrected chi connectivity index (χ0v) is 12.1. The molecule has 0 aliphatic heterocycles. The number of rotatable bonds is 7. The molecule has 0 saturated heterocycles. The van der Waals surface area contributed by atoms with E-state index in [9.17, 15) is 9.59 Å². The van der Waals surface area contributed by atoms with Gasteiger partial charge in [-0.3, -0.25) is 4.79 Å². The molecule has 1 amide bonds. The maximum atomic E-state index is 11.8. The Morgan fingerprint density at radius 2 is 1.95 bits per heavy atom. The smallest absolute Gasteiger partial charge is 0.341 e. The van der Waals surface area contributed by atoms with E-state index in [0.29, 0.717) is 17.9 Å². The van der Waals surface area contributed by atoms with Gasteiger partial charge in [-0.2, -0.15) is 0 Å². The summed E-state index contributed by atoms with van der Waals surface area (Å²) in [5, 5.41) is 13.3. The fraction of sp³-hybridized carbons (Fsp3) is 0.200. The molecule has 6 heteroatoms. The number of carboxylic acids is 1. The van der Waals surface area contributed by atoms with Gasteiger partial charge in [-0.1, -0.05) is 6.07 Å². The lowest BCUT2D eigenvalue weighted by molar-refractivity contribution is -0.139. The number of carbonyl (C=O) groups excluding carboxylic acids is 1. The molecule has 21 heavy (non-hydrogen) atoms. The van der Waals surface area contributed by atoms with Gasteiger partial charge in [0.15, 0.2) is 6.61 Å². The fourth-order valence-electron chi connectivity index (χ4n) is 1.69. The highest BCUT2D eigenvalue weighted by Gasteiger charge is 2.04. The second-order valence-electron chi connectivity index (χ2n) is 4.33. The second kappa shape index (κ2) is 7.44. The van der Waals surface area contributed by atoms with Crippen molar-refractivity contribution in [1.29, 1.82) is 0 Å². The van der Waals surface area contributed by atoms with Crippen molar-refractivity contribution in [2.75, 3.05) is 11.9 Å². The van der Waals surface area contributed by atoms with Crippen LogP contribution in [0.2, 0.25) is 0 Å². The quantitative estimate of drug-likeness (QED) is 0.824. The molecule has 2 aromatic rings. The van der Waals surface area contributed by atoms with Crippen LogP contribution in [0.3, 0.4) is 0 Å². The van der Waals surface area contributed by atoms with Crippen molar-refractivity contribution >= 4 is 28.9 Å². The standard InChI is InChI=1S/C15H15NO4S/c17-14(8-7-13-2-1-9-21-13)16-11-3-5-12(6-4-11)20-10-15(18)19/h1-6,9H,7-8,10H2,(H,16,17)(H,18,19). The largest absolute Gasteiger partial charge is 0.482 e. The molecule has 0 aliphatic rings. The third-order valence-corrected chi connectivity index (χ3v) is 3.62. The highest BCUT2D eigenvalue weighted by molar-refractivity contribution is 7.09. The summed E-state index contributed by atoms with van der Waals surface area (Å²) in [6.07, 6.45) is 1.15. The Labute approximate surface area is 126 Å². The summed E-state index contributed by atoms with van der Waals surface area (Å²) < 4.78 is 5.01. The van der Waals surface area contributed by atoms with Crippen LogP contribution in [0.4, 0.5) is 5.69 Å². The fourth-order valence-corrected chi connectivity index (χ4v) is 2.40. The molecule has 1 aromatic carbocycles. The van der Waals surface area contributed by atoms with Crippen LogP contribution in [0.25, 0.3) is 0 Å². The van der Waals surface area contributed by atoms with Gasteiger partial charge in [0, 0.05) is 17.0 Å². The van der Waals surface area contributed by atoms with Gasteiger partial charge in [-0.15, -0.1) is 11.3 Å². The van der Waals surface area contributed by atoms with Gasteiger partial charge in [-0.05, 0) is 42.1 Å². The molecular weight excluding hydrogens is 290 g/mol. The number of ether oxygens (including phenoxy) is 1. The van der Waals surface area contributed by atoms with E-state index in [4.69, 9.17) is 9.84 Å². The number of anilines is 1. The number of aryl methyl sites for hydroxylation is 1. The molecule has 2 N–H and O–H groups in total. The number of carboxylic acid groups (broad SMARTS) is 1. The van der Waals surface area contributed by atoms with Crippen molar-refractivity contribution in [2.24, 2.45) is 0 Å². The molecule has 0 aliphatic carbocycles. The Morgan fingerprint density at radius 3 is 2.57 bits per heavy atom. The average molecular weight is 305 g/mol. The Bertz CT molecular complexity index is 593. The van der Waals surface area contributed by atoms with Crippen LogP contribution in [-0.2, 0) is 16.0 Å². The Kier molecular flexibility index (Phi) is 5.34. The predicted octanol–water partition coefficient (Wildman–Crippen LogP) is 2.78. The molecule has 0 bridgehead atoms. The van der Waals surface area contributed by atoms with Gasteiger partial charge >= 0.3 is 5.97 Å². The van der Waals surface area contributed by atoms with E-state index in [1.165, 1.54) is 4.88 Å². The molecule has 0 unspecified atom stereocenters. The second-order valence-corrected chi connectivity index (χ2v) is 5.37. The van der Waals surface area contributed by atoms with Crippen molar-refractivity contribution in [3.8, 4) is 5.75 Å². The van der Waals surface area contributed by atoms with Crippen LogP contribution < -0.4 is 10.1 Å². The number of amides is 1. The van der Waals surface area contributed by atoms with E-state index in [-0.39, 0.29) is 12.5 Å². The monoisotopic (exact) mass is 305 g/mol. The topological polar surface area (TPSA) is 75.6 Å². The summed E-state index contributed by atoms with van der Waals surface area (Å²) in [6, 6.07) is 10.6. The first-order valence-corrected chi connectivity index (χ1v) is 7.28. The van der Waals surface area contributed by atoms with E-state index < -0.39 is 5.97 Å². The lowest BCUT2D eigenvalue weighted by Gasteiger charge is -2.07. The van der Waals surface area contributed by atoms with Crippen molar-refractivity contribution in [3.63, 3.8) is 0 Å². The van der Waals surface area contributed by atoms with Crippen molar-refractivity contribution in [2.45, 2.75) is 12.8 Å². The zero-order chi connectivity index (χ0) is 15.1. The first-order chi connectivity index (χ1) is 10.1. The van der Waals surface area contributed by atoms with E-state index in [2.05, 4.69) is 5.32 Å². The number of benzene rings is 1. The van der Waals surface area contributed by atoms with E-state index >= 15 is 0 Å². The molecule has 1 aromatic heterocycles. The van der Waals surface area contributed by atoms with Gasteiger partial charge in [0.2, 0.25) is 5.91 Å². The van der Waals surface area contributed by atoms with Crippen LogP contribution >= 0.6 is 11.3 Å². The van der Waals surface area contributed by atoms with Crippen LogP contribution in [0.1, 0.15) is 11.3 Å². The molecule has 110 valence electrons. The third-order valence-electron chi connectivity index (χ3n) is 2.68. The minimum absolute atomic E-state index is 0.0531. The maximum Gasteiger partial charge on any atom is 0.341 e. The van der Waals surface area contributed by atoms with Gasteiger partial charge < -0.3 is 15.2 Å². The molecule has 5 nitrogen and oxygen atoms in total. The third kappa shape index (κ3) is 5.27. The number of hydrogen-bond donors (Lipinski definition) is 2. The minimum atomic E-state index is -1.03. The summed E-state index contributed by atoms with van der Waals surface area (Å²) in [4.78, 5) is 23.3. The summed E-state index contributed by atoms with van der Waals surface area (Å²) in [7, 11) is 0. The molecule has 2 rings (SSSR count). The molecule has 0 spiro atoms. The van der Waals surface area contributed by atoms with Gasteiger partial charge in [0.1, 0.15) is 5.75 Å². The molecule has 0 radical (unpaired) electrons. The van der Waals surface area contributed by atoms with Crippen LogP contribution in [0.15, 0.2) is 41.8 Å². The molecule has 0 atom stereocenters. The summed E-state index contributed by atoms with van der Waals surface area (Å²) in [6.45, 7) is -0.382. The average Bonchev–Trinajstić information content (AvgIpc) is 2.98. The van der Waals surface area contributed by atoms with E-state index in [1.54, 1.807) is 35.6 Å². The first kappa shape index (κ1) is 15.1. The van der Waals surface area contributed by atoms with Crippen molar-refractivity contribution in [1.82, 2.24) is 0 Å². The summed E-state index contributed by atoms with van der Waals surface area (Å²) in [5.41, 5.74) is 0.661. The Balaban J connectivity index is 1.79. The van der Waals surface area contributed by atoms with Crippen molar-refractivity contribution < 1.29 is 19.4 Å². The number of nitrogens with one attached hydrogen (secondary N) is 1. The number of thiophene rings is 1. The zero-order valence-electron chi connectivity index (χ0n) is 11.2. The highest BCUT2D eigenvalue weighted by Crippen LogP contribution is 2.16. The van der Waals surface area contributed by atoms with Crippen LogP contribution in [0.5, 0.6) is 5.75 Å². The van der Waals surface area contributed by atoms with Gasteiger partial charge in [0.05, 0.1) is 0 Å². The van der Waals surface area contributed by atoms with E-state index in [0.717, 1.165) is 6.42 Å². The molecule has 1 heterocycles. The lowest BCUT2D eigenvalue weighted by atomic mass is 10.2. The van der Waals surface area contributed by atoms with Gasteiger partial charge in [-0.25, -0.2) is 4.79 Å². The van der Waals surface area contributed by atoms with E-state index in [1.807, 2.05) is 17.5 Å². The number of carbonyl (C=O) groups is 2. The van der Waals surface area contributed by atoms with Crippen LogP contribution in [0, 0.1) is 0 Å². The first-order valence-electron chi connectivity index (χ1n) is 6.40.